The molecule has 9 heteroatoms. The minimum atomic E-state index is -0.152. The third kappa shape index (κ3) is 7.26. The van der Waals surface area contributed by atoms with Crippen molar-refractivity contribution in [1.82, 2.24) is 19.7 Å². The second-order valence-corrected chi connectivity index (χ2v) is 9.42. The smallest absolute Gasteiger partial charge is 0.275 e. The van der Waals surface area contributed by atoms with E-state index in [1.165, 1.54) is 11.8 Å². The van der Waals surface area contributed by atoms with Gasteiger partial charge in [-0.1, -0.05) is 18.2 Å². The summed E-state index contributed by atoms with van der Waals surface area (Å²) in [5.41, 5.74) is 2.68. The quantitative estimate of drug-likeness (QED) is 0.356. The molecule has 1 amide bonds. The van der Waals surface area contributed by atoms with Gasteiger partial charge in [0.25, 0.3) is 5.91 Å². The third-order valence-electron chi connectivity index (χ3n) is 6.77. The maximum Gasteiger partial charge on any atom is 0.275 e. The molecule has 3 aromatic rings. The maximum absolute atomic E-state index is 12.9. The maximum atomic E-state index is 12.9. The Balaban J connectivity index is 1.22. The number of carbonyl (C=O) groups excluding carboxylic acids is 1. The standard InChI is InChI=1S/C29H38N4O5/c1-5-37-24-9-6-23(7-10-24)19-32-14-16-33(17-15-32)20-28-30-25(21-38-28)29(34)31(2)13-12-22-8-11-26(35-3)27(18-22)36-4/h6-11,18,21H,5,12-17,19-20H2,1-4H3. The number of hydrogen-bond acceptors (Lipinski definition) is 8. The van der Waals surface area contributed by atoms with E-state index < -0.39 is 0 Å². The molecule has 0 N–H and O–H groups in total. The van der Waals surface area contributed by atoms with Gasteiger partial charge >= 0.3 is 0 Å². The zero-order valence-corrected chi connectivity index (χ0v) is 22.8. The van der Waals surface area contributed by atoms with Crippen LogP contribution in [0.3, 0.4) is 0 Å². The summed E-state index contributed by atoms with van der Waals surface area (Å²) in [5.74, 6) is 2.69. The highest BCUT2D eigenvalue weighted by Gasteiger charge is 2.21. The lowest BCUT2D eigenvalue weighted by atomic mass is 10.1. The van der Waals surface area contributed by atoms with Crippen LogP contribution < -0.4 is 14.2 Å². The van der Waals surface area contributed by atoms with E-state index in [1.807, 2.05) is 37.3 Å². The molecule has 1 aliphatic heterocycles. The summed E-state index contributed by atoms with van der Waals surface area (Å²) < 4.78 is 21.8. The van der Waals surface area contributed by atoms with Crippen LogP contribution in [-0.4, -0.2) is 86.2 Å². The fourth-order valence-electron chi connectivity index (χ4n) is 4.52. The number of rotatable bonds is 12. The van der Waals surface area contributed by atoms with Crippen LogP contribution in [0, 0.1) is 0 Å². The van der Waals surface area contributed by atoms with Gasteiger partial charge in [-0.3, -0.25) is 14.6 Å². The predicted octanol–water partition coefficient (Wildman–Crippen LogP) is 3.72. The van der Waals surface area contributed by atoms with Gasteiger partial charge in [-0.05, 0) is 48.7 Å². The summed E-state index contributed by atoms with van der Waals surface area (Å²) in [6, 6.07) is 14.1. The highest BCUT2D eigenvalue weighted by molar-refractivity contribution is 5.91. The molecule has 0 bridgehead atoms. The largest absolute Gasteiger partial charge is 0.494 e. The Kier molecular flexibility index (Phi) is 9.62. The molecule has 0 spiro atoms. The van der Waals surface area contributed by atoms with E-state index >= 15 is 0 Å². The van der Waals surface area contributed by atoms with E-state index in [0.29, 0.717) is 49.2 Å². The van der Waals surface area contributed by atoms with E-state index in [1.54, 1.807) is 26.2 Å². The van der Waals surface area contributed by atoms with Crippen molar-refractivity contribution in [1.29, 1.82) is 0 Å². The number of hydrogen-bond donors (Lipinski definition) is 0. The Bertz CT molecular complexity index is 1170. The molecule has 1 aromatic heterocycles. The Morgan fingerprint density at radius 1 is 0.947 bits per heavy atom. The molecule has 2 heterocycles. The van der Waals surface area contributed by atoms with Crippen molar-refractivity contribution >= 4 is 5.91 Å². The third-order valence-corrected chi connectivity index (χ3v) is 6.77. The summed E-state index contributed by atoms with van der Waals surface area (Å²) in [6.45, 7) is 8.53. The first-order valence-corrected chi connectivity index (χ1v) is 13.1. The van der Waals surface area contributed by atoms with Crippen molar-refractivity contribution in [3.63, 3.8) is 0 Å². The van der Waals surface area contributed by atoms with E-state index in [0.717, 1.165) is 44.0 Å². The molecule has 9 nitrogen and oxygen atoms in total. The number of nitrogens with zero attached hydrogens (tertiary/aromatic N) is 4. The SMILES string of the molecule is CCOc1ccc(CN2CCN(Cc3nc(C(=O)N(C)CCc4ccc(OC)c(OC)c4)co3)CC2)cc1. The number of carbonyl (C=O) groups is 1. The number of aromatic nitrogens is 1. The molecule has 2 aromatic carbocycles. The number of oxazole rings is 1. The zero-order chi connectivity index (χ0) is 26.9. The molecule has 1 aliphatic rings. The van der Waals surface area contributed by atoms with Gasteiger partial charge in [0.15, 0.2) is 17.2 Å². The van der Waals surface area contributed by atoms with Crippen molar-refractivity contribution in [2.45, 2.75) is 26.4 Å². The van der Waals surface area contributed by atoms with Gasteiger partial charge < -0.3 is 23.5 Å². The molecule has 0 saturated carbocycles. The molecular formula is C29H38N4O5. The van der Waals surface area contributed by atoms with Gasteiger partial charge in [-0.15, -0.1) is 0 Å². The van der Waals surface area contributed by atoms with Crippen LogP contribution in [0.5, 0.6) is 17.2 Å². The van der Waals surface area contributed by atoms with Gasteiger partial charge in [0.2, 0.25) is 5.89 Å². The Labute approximate surface area is 224 Å². The second kappa shape index (κ2) is 13.3. The minimum Gasteiger partial charge on any atom is -0.494 e. The number of ether oxygens (including phenoxy) is 3. The van der Waals surface area contributed by atoms with E-state index in [9.17, 15) is 4.79 Å². The van der Waals surface area contributed by atoms with Gasteiger partial charge in [-0.25, -0.2) is 4.98 Å². The van der Waals surface area contributed by atoms with E-state index in [-0.39, 0.29) is 5.91 Å². The molecular weight excluding hydrogens is 484 g/mol. The summed E-state index contributed by atoms with van der Waals surface area (Å²) in [4.78, 5) is 23.8. The van der Waals surface area contributed by atoms with Crippen LogP contribution in [0.25, 0.3) is 0 Å². The Morgan fingerprint density at radius 3 is 2.26 bits per heavy atom. The van der Waals surface area contributed by atoms with Crippen LogP contribution in [-0.2, 0) is 19.5 Å². The molecule has 1 fully saturated rings. The average molecular weight is 523 g/mol. The molecule has 0 atom stereocenters. The van der Waals surface area contributed by atoms with Crippen LogP contribution in [0.15, 0.2) is 53.1 Å². The molecule has 0 radical (unpaired) electrons. The molecule has 4 rings (SSSR count). The van der Waals surface area contributed by atoms with Crippen molar-refractivity contribution in [2.75, 3.05) is 60.6 Å². The summed E-state index contributed by atoms with van der Waals surface area (Å²) in [5, 5.41) is 0. The number of likely N-dealkylation sites (N-methyl/N-ethyl adjacent to an activating group) is 1. The van der Waals surface area contributed by atoms with Crippen LogP contribution >= 0.6 is 0 Å². The van der Waals surface area contributed by atoms with Crippen molar-refractivity contribution in [3.05, 3.63) is 71.4 Å². The van der Waals surface area contributed by atoms with Crippen LogP contribution in [0.4, 0.5) is 0 Å². The van der Waals surface area contributed by atoms with Gasteiger partial charge in [0.1, 0.15) is 12.0 Å². The second-order valence-electron chi connectivity index (χ2n) is 9.42. The van der Waals surface area contributed by atoms with Gasteiger partial charge in [0, 0.05) is 46.3 Å². The molecule has 1 saturated heterocycles. The highest BCUT2D eigenvalue weighted by atomic mass is 16.5. The average Bonchev–Trinajstić information content (AvgIpc) is 3.41. The monoisotopic (exact) mass is 522 g/mol. The normalized spacial score (nSPS) is 14.3. The lowest BCUT2D eigenvalue weighted by molar-refractivity contribution is 0.0790. The number of methoxy groups -OCH3 is 2. The predicted molar refractivity (Wildman–Crippen MR) is 145 cm³/mol. The first kappa shape index (κ1) is 27.5. The summed E-state index contributed by atoms with van der Waals surface area (Å²) >= 11 is 0. The van der Waals surface area contributed by atoms with Gasteiger partial charge in [0.05, 0.1) is 27.4 Å². The lowest BCUT2D eigenvalue weighted by Gasteiger charge is -2.34. The first-order chi connectivity index (χ1) is 18.5. The molecule has 204 valence electrons. The topological polar surface area (TPSA) is 80.5 Å². The van der Waals surface area contributed by atoms with E-state index in [2.05, 4.69) is 26.9 Å². The van der Waals surface area contributed by atoms with Crippen molar-refractivity contribution in [2.24, 2.45) is 0 Å². The number of amides is 1. The van der Waals surface area contributed by atoms with Gasteiger partial charge in [-0.2, -0.15) is 0 Å². The van der Waals surface area contributed by atoms with E-state index in [4.69, 9.17) is 18.6 Å². The lowest BCUT2D eigenvalue weighted by Crippen LogP contribution is -2.45. The number of benzene rings is 2. The Morgan fingerprint density at radius 2 is 1.61 bits per heavy atom. The number of piperazine rings is 1. The summed E-state index contributed by atoms with van der Waals surface area (Å²) in [7, 11) is 5.00. The fraction of sp³-hybridized carbons (Fsp3) is 0.448. The summed E-state index contributed by atoms with van der Waals surface area (Å²) in [6.07, 6.45) is 2.15. The van der Waals surface area contributed by atoms with Crippen molar-refractivity contribution in [3.8, 4) is 17.2 Å². The highest BCUT2D eigenvalue weighted by Crippen LogP contribution is 2.27. The Hall–Kier alpha value is -3.56. The zero-order valence-electron chi connectivity index (χ0n) is 22.8. The fourth-order valence-corrected chi connectivity index (χ4v) is 4.52. The van der Waals surface area contributed by atoms with Crippen LogP contribution in [0.1, 0.15) is 34.4 Å². The van der Waals surface area contributed by atoms with Crippen LogP contribution in [0.2, 0.25) is 0 Å². The minimum absolute atomic E-state index is 0.152. The molecule has 38 heavy (non-hydrogen) atoms. The first-order valence-electron chi connectivity index (χ1n) is 13.1. The molecule has 0 aliphatic carbocycles. The molecule has 0 unspecified atom stereocenters. The van der Waals surface area contributed by atoms with Crippen molar-refractivity contribution < 1.29 is 23.4 Å².